The largest absolute Gasteiger partial charge is 0.480 e. The molecule has 1 unspecified atom stereocenters. The SMILES string of the molecule is CC(C)CC(C(=O)O)n1ccc(Oc2ccc(F)cc2)cc1=O. The van der Waals surface area contributed by atoms with Gasteiger partial charge < -0.3 is 14.4 Å². The standard InChI is InChI=1S/C17H18FNO4/c1-11(2)9-15(17(21)22)19-8-7-14(10-16(19)20)23-13-5-3-12(18)4-6-13/h3-8,10-11,15H,9H2,1-2H3,(H,21,22). The zero-order valence-electron chi connectivity index (χ0n) is 12.9. The maximum atomic E-state index is 12.8. The highest BCUT2D eigenvalue weighted by atomic mass is 19.1. The maximum Gasteiger partial charge on any atom is 0.326 e. The molecule has 1 aromatic carbocycles. The summed E-state index contributed by atoms with van der Waals surface area (Å²) in [5.41, 5.74) is -0.460. The van der Waals surface area contributed by atoms with Gasteiger partial charge in [-0.05, 0) is 42.7 Å². The zero-order valence-corrected chi connectivity index (χ0v) is 12.9. The Balaban J connectivity index is 2.24. The Kier molecular flexibility index (Phi) is 5.16. The van der Waals surface area contributed by atoms with Crippen LogP contribution in [0.3, 0.4) is 0 Å². The van der Waals surface area contributed by atoms with E-state index in [-0.39, 0.29) is 17.5 Å². The van der Waals surface area contributed by atoms with E-state index in [4.69, 9.17) is 4.74 Å². The fourth-order valence-corrected chi connectivity index (χ4v) is 2.21. The predicted molar refractivity (Wildman–Crippen MR) is 83.3 cm³/mol. The molecule has 2 aromatic rings. The topological polar surface area (TPSA) is 68.5 Å². The summed E-state index contributed by atoms with van der Waals surface area (Å²) < 4.78 is 19.5. The maximum absolute atomic E-state index is 12.8. The average Bonchev–Trinajstić information content (AvgIpc) is 2.47. The minimum atomic E-state index is -1.05. The lowest BCUT2D eigenvalue weighted by Gasteiger charge is -2.18. The minimum absolute atomic E-state index is 0.137. The molecule has 6 heteroatoms. The lowest BCUT2D eigenvalue weighted by Crippen LogP contribution is -2.30. The van der Waals surface area contributed by atoms with Gasteiger partial charge >= 0.3 is 5.97 Å². The summed E-state index contributed by atoms with van der Waals surface area (Å²) in [4.78, 5) is 23.5. The summed E-state index contributed by atoms with van der Waals surface area (Å²) in [6.45, 7) is 3.79. The van der Waals surface area contributed by atoms with Crippen LogP contribution >= 0.6 is 0 Å². The summed E-state index contributed by atoms with van der Waals surface area (Å²) in [7, 11) is 0. The average molecular weight is 319 g/mol. The Labute approximate surface area is 133 Å². The second kappa shape index (κ2) is 7.09. The van der Waals surface area contributed by atoms with Crippen LogP contribution in [0.15, 0.2) is 47.4 Å². The molecule has 0 saturated carbocycles. The number of ether oxygens (including phenoxy) is 1. The first-order valence-electron chi connectivity index (χ1n) is 7.25. The number of rotatable bonds is 6. The van der Waals surface area contributed by atoms with Crippen molar-refractivity contribution >= 4 is 5.97 Å². The third-order valence-corrected chi connectivity index (χ3v) is 3.28. The first-order valence-corrected chi connectivity index (χ1v) is 7.25. The highest BCUT2D eigenvalue weighted by Gasteiger charge is 2.21. The number of carboxylic acids is 1. The van der Waals surface area contributed by atoms with Crippen LogP contribution < -0.4 is 10.3 Å². The molecule has 0 spiro atoms. The van der Waals surface area contributed by atoms with E-state index in [2.05, 4.69) is 0 Å². The molecule has 1 aromatic heterocycles. The summed E-state index contributed by atoms with van der Waals surface area (Å²) in [6.07, 6.45) is 1.76. The van der Waals surface area contributed by atoms with E-state index in [0.29, 0.717) is 12.2 Å². The first kappa shape index (κ1) is 16.7. The van der Waals surface area contributed by atoms with Crippen molar-refractivity contribution in [2.75, 3.05) is 0 Å². The molecule has 1 atom stereocenters. The van der Waals surface area contributed by atoms with Gasteiger partial charge in [-0.2, -0.15) is 0 Å². The van der Waals surface area contributed by atoms with Crippen molar-refractivity contribution in [3.63, 3.8) is 0 Å². The summed E-state index contributed by atoms with van der Waals surface area (Å²) in [5.74, 6) is -0.635. The van der Waals surface area contributed by atoms with Crippen LogP contribution in [0.4, 0.5) is 4.39 Å². The number of hydrogen-bond acceptors (Lipinski definition) is 3. The van der Waals surface area contributed by atoms with E-state index in [1.165, 1.54) is 47.2 Å². The van der Waals surface area contributed by atoms with Gasteiger partial charge in [-0.1, -0.05) is 13.8 Å². The van der Waals surface area contributed by atoms with Crippen molar-refractivity contribution in [3.05, 3.63) is 58.8 Å². The highest BCUT2D eigenvalue weighted by Crippen LogP contribution is 2.21. The molecule has 0 aliphatic rings. The van der Waals surface area contributed by atoms with Crippen molar-refractivity contribution in [2.45, 2.75) is 26.3 Å². The third-order valence-electron chi connectivity index (χ3n) is 3.28. The van der Waals surface area contributed by atoms with Gasteiger partial charge in [0.25, 0.3) is 5.56 Å². The van der Waals surface area contributed by atoms with E-state index in [9.17, 15) is 19.1 Å². The van der Waals surface area contributed by atoms with Gasteiger partial charge in [-0.3, -0.25) is 4.79 Å². The van der Waals surface area contributed by atoms with Crippen LogP contribution in [0.1, 0.15) is 26.3 Å². The Morgan fingerprint density at radius 2 is 1.87 bits per heavy atom. The van der Waals surface area contributed by atoms with E-state index >= 15 is 0 Å². The summed E-state index contributed by atoms with van der Waals surface area (Å²) >= 11 is 0. The number of pyridine rings is 1. The molecule has 23 heavy (non-hydrogen) atoms. The molecule has 0 aliphatic heterocycles. The fourth-order valence-electron chi connectivity index (χ4n) is 2.21. The van der Waals surface area contributed by atoms with Gasteiger partial charge in [0, 0.05) is 12.3 Å². The molecule has 122 valence electrons. The van der Waals surface area contributed by atoms with E-state index in [1.807, 2.05) is 13.8 Å². The van der Waals surface area contributed by atoms with Crippen LogP contribution in [0.5, 0.6) is 11.5 Å². The smallest absolute Gasteiger partial charge is 0.326 e. The van der Waals surface area contributed by atoms with E-state index in [0.717, 1.165) is 0 Å². The zero-order chi connectivity index (χ0) is 17.0. The van der Waals surface area contributed by atoms with Crippen LogP contribution in [0, 0.1) is 11.7 Å². The molecule has 1 heterocycles. The molecular formula is C17H18FNO4. The minimum Gasteiger partial charge on any atom is -0.480 e. The van der Waals surface area contributed by atoms with Crippen molar-refractivity contribution < 1.29 is 19.0 Å². The number of nitrogens with zero attached hydrogens (tertiary/aromatic N) is 1. The van der Waals surface area contributed by atoms with Crippen molar-refractivity contribution in [3.8, 4) is 11.5 Å². The molecule has 0 aliphatic carbocycles. The predicted octanol–water partition coefficient (Wildman–Crippen LogP) is 3.45. The third kappa shape index (κ3) is 4.42. The number of carbonyl (C=O) groups is 1. The van der Waals surface area contributed by atoms with Gasteiger partial charge in [0.2, 0.25) is 0 Å². The molecule has 0 amide bonds. The van der Waals surface area contributed by atoms with Gasteiger partial charge in [0.1, 0.15) is 23.4 Å². The van der Waals surface area contributed by atoms with Gasteiger partial charge in [0.05, 0.1) is 0 Å². The Hall–Kier alpha value is -2.63. The van der Waals surface area contributed by atoms with Crippen molar-refractivity contribution in [2.24, 2.45) is 5.92 Å². The molecule has 0 bridgehead atoms. The Morgan fingerprint density at radius 1 is 1.22 bits per heavy atom. The van der Waals surface area contributed by atoms with E-state index in [1.54, 1.807) is 0 Å². The monoisotopic (exact) mass is 319 g/mol. The van der Waals surface area contributed by atoms with Crippen LogP contribution in [0.25, 0.3) is 0 Å². The molecule has 1 N–H and O–H groups in total. The van der Waals surface area contributed by atoms with Crippen LogP contribution in [-0.4, -0.2) is 15.6 Å². The lowest BCUT2D eigenvalue weighted by molar-refractivity contribution is -0.141. The lowest BCUT2D eigenvalue weighted by atomic mass is 10.0. The number of aromatic nitrogens is 1. The molecule has 0 saturated heterocycles. The number of halogens is 1. The number of carboxylic acid groups (broad SMARTS) is 1. The molecule has 0 fully saturated rings. The molecule has 0 radical (unpaired) electrons. The van der Waals surface area contributed by atoms with E-state index < -0.39 is 17.6 Å². The summed E-state index contributed by atoms with van der Waals surface area (Å²) in [5, 5.41) is 9.30. The number of hydrogen-bond donors (Lipinski definition) is 1. The number of aliphatic carboxylic acids is 1. The second-order valence-corrected chi connectivity index (χ2v) is 5.65. The number of benzene rings is 1. The highest BCUT2D eigenvalue weighted by molar-refractivity contribution is 5.71. The normalized spacial score (nSPS) is 12.2. The summed E-state index contributed by atoms with van der Waals surface area (Å²) in [6, 6.07) is 7.21. The molecule has 2 rings (SSSR count). The van der Waals surface area contributed by atoms with Crippen molar-refractivity contribution in [1.82, 2.24) is 4.57 Å². The van der Waals surface area contributed by atoms with Gasteiger partial charge in [-0.15, -0.1) is 0 Å². The molecular weight excluding hydrogens is 301 g/mol. The van der Waals surface area contributed by atoms with Crippen molar-refractivity contribution in [1.29, 1.82) is 0 Å². The Morgan fingerprint density at radius 3 is 2.39 bits per heavy atom. The van der Waals surface area contributed by atoms with Gasteiger partial charge in [-0.25, -0.2) is 9.18 Å². The quantitative estimate of drug-likeness (QED) is 0.885. The Bertz CT molecular complexity index is 737. The first-order chi connectivity index (χ1) is 10.9. The second-order valence-electron chi connectivity index (χ2n) is 5.65. The molecule has 5 nitrogen and oxygen atoms in total. The van der Waals surface area contributed by atoms with Gasteiger partial charge in [0.15, 0.2) is 0 Å². The van der Waals surface area contributed by atoms with Crippen LogP contribution in [0.2, 0.25) is 0 Å². The van der Waals surface area contributed by atoms with Crippen LogP contribution in [-0.2, 0) is 4.79 Å². The fraction of sp³-hybridized carbons (Fsp3) is 0.294.